The summed E-state index contributed by atoms with van der Waals surface area (Å²) in [6.45, 7) is 1.88. The summed E-state index contributed by atoms with van der Waals surface area (Å²) in [6.07, 6.45) is 3.66. The molecule has 0 aromatic heterocycles. The van der Waals surface area contributed by atoms with Crippen LogP contribution in [0.3, 0.4) is 0 Å². The Morgan fingerprint density at radius 3 is 2.54 bits per heavy atom. The van der Waals surface area contributed by atoms with E-state index in [4.69, 9.17) is 10.5 Å². The van der Waals surface area contributed by atoms with E-state index in [9.17, 15) is 0 Å². The van der Waals surface area contributed by atoms with Gasteiger partial charge in [0.1, 0.15) is 12.1 Å². The van der Waals surface area contributed by atoms with Gasteiger partial charge in [0.2, 0.25) is 0 Å². The van der Waals surface area contributed by atoms with Crippen molar-refractivity contribution < 1.29 is 0 Å². The molecule has 0 atom stereocenters. The zero-order valence-electron chi connectivity index (χ0n) is 7.28. The third kappa shape index (κ3) is 1.75. The maximum absolute atomic E-state index is 8.82. The molecule has 13 heavy (non-hydrogen) atoms. The lowest BCUT2D eigenvalue weighted by Gasteiger charge is -1.98. The van der Waals surface area contributed by atoms with Crippen LogP contribution in [0.25, 0.3) is 6.08 Å². The summed E-state index contributed by atoms with van der Waals surface area (Å²) >= 11 is 0. The van der Waals surface area contributed by atoms with E-state index in [2.05, 4.69) is 0 Å². The number of nitrogens with zero attached hydrogens (tertiary/aromatic N) is 2. The van der Waals surface area contributed by atoms with Gasteiger partial charge in [-0.15, -0.1) is 0 Å². The summed E-state index contributed by atoms with van der Waals surface area (Å²) in [4.78, 5) is 0. The summed E-state index contributed by atoms with van der Waals surface area (Å²) in [7, 11) is 0. The van der Waals surface area contributed by atoms with Gasteiger partial charge in [-0.1, -0.05) is 24.3 Å². The first kappa shape index (κ1) is 9.03. The molecular weight excluding hydrogens is 160 g/mol. The average molecular weight is 168 g/mol. The minimum Gasteiger partial charge on any atom is -0.192 e. The van der Waals surface area contributed by atoms with E-state index in [1.54, 1.807) is 12.1 Å². The highest BCUT2D eigenvalue weighted by molar-refractivity contribution is 5.62. The van der Waals surface area contributed by atoms with Gasteiger partial charge in [-0.05, 0) is 18.6 Å². The van der Waals surface area contributed by atoms with Gasteiger partial charge in [0.15, 0.2) is 0 Å². The van der Waals surface area contributed by atoms with Crippen LogP contribution in [0.1, 0.15) is 23.6 Å². The number of hydrogen-bond acceptors (Lipinski definition) is 2. The molecule has 0 fully saturated rings. The van der Waals surface area contributed by atoms with Gasteiger partial charge in [0.25, 0.3) is 0 Å². The molecule has 62 valence electrons. The van der Waals surface area contributed by atoms with Gasteiger partial charge < -0.3 is 0 Å². The maximum Gasteiger partial charge on any atom is 0.101 e. The average Bonchev–Trinajstić information content (AvgIpc) is 2.18. The van der Waals surface area contributed by atoms with Crippen molar-refractivity contribution in [1.82, 2.24) is 0 Å². The predicted octanol–water partition coefficient (Wildman–Crippen LogP) is 2.46. The van der Waals surface area contributed by atoms with E-state index in [0.717, 1.165) is 5.56 Å². The highest BCUT2D eigenvalue weighted by Gasteiger charge is 2.03. The summed E-state index contributed by atoms with van der Waals surface area (Å²) in [6, 6.07) is 9.25. The third-order valence-corrected chi connectivity index (χ3v) is 1.68. The molecule has 0 bridgehead atoms. The van der Waals surface area contributed by atoms with Gasteiger partial charge in [-0.25, -0.2) is 0 Å². The van der Waals surface area contributed by atoms with Crippen molar-refractivity contribution in [2.45, 2.75) is 6.92 Å². The first-order chi connectivity index (χ1) is 6.33. The Balaban J connectivity index is 3.40. The van der Waals surface area contributed by atoms with Crippen molar-refractivity contribution in [3.05, 3.63) is 41.0 Å². The van der Waals surface area contributed by atoms with Gasteiger partial charge in [-0.2, -0.15) is 10.5 Å². The van der Waals surface area contributed by atoms with Crippen LogP contribution < -0.4 is 0 Å². The van der Waals surface area contributed by atoms with Crippen molar-refractivity contribution in [2.75, 3.05) is 0 Å². The monoisotopic (exact) mass is 168 g/mol. The number of benzene rings is 1. The topological polar surface area (TPSA) is 47.6 Å². The quantitative estimate of drug-likeness (QED) is 0.646. The molecule has 0 radical (unpaired) electrons. The molecule has 0 aliphatic rings. The van der Waals surface area contributed by atoms with E-state index in [-0.39, 0.29) is 0 Å². The molecule has 0 aliphatic carbocycles. The Kier molecular flexibility index (Phi) is 2.84. The first-order valence-corrected chi connectivity index (χ1v) is 3.89. The summed E-state index contributed by atoms with van der Waals surface area (Å²) in [5.41, 5.74) is 1.67. The van der Waals surface area contributed by atoms with E-state index in [1.807, 2.05) is 37.3 Å². The molecule has 0 amide bonds. The molecule has 0 heterocycles. The van der Waals surface area contributed by atoms with Crippen LogP contribution in [-0.4, -0.2) is 0 Å². The molecule has 0 aliphatic heterocycles. The smallest absolute Gasteiger partial charge is 0.101 e. The normalized spacial score (nSPS) is 9.46. The van der Waals surface area contributed by atoms with Crippen LogP contribution in [0.2, 0.25) is 0 Å². The van der Waals surface area contributed by atoms with Gasteiger partial charge in [0.05, 0.1) is 11.1 Å². The van der Waals surface area contributed by atoms with Crippen LogP contribution in [0.15, 0.2) is 24.3 Å². The van der Waals surface area contributed by atoms with Crippen LogP contribution >= 0.6 is 0 Å². The molecule has 0 saturated heterocycles. The van der Waals surface area contributed by atoms with Crippen LogP contribution in [-0.2, 0) is 0 Å². The van der Waals surface area contributed by atoms with Crippen molar-refractivity contribution in [2.24, 2.45) is 0 Å². The number of hydrogen-bond donors (Lipinski definition) is 0. The Morgan fingerprint density at radius 1 is 1.23 bits per heavy atom. The van der Waals surface area contributed by atoms with E-state index >= 15 is 0 Å². The van der Waals surface area contributed by atoms with Crippen molar-refractivity contribution in [3.63, 3.8) is 0 Å². The third-order valence-electron chi connectivity index (χ3n) is 1.68. The molecule has 1 aromatic rings. The number of allylic oxidation sites excluding steroid dienone is 1. The lowest BCUT2D eigenvalue weighted by atomic mass is 10.0. The van der Waals surface area contributed by atoms with Crippen LogP contribution in [0.4, 0.5) is 0 Å². The van der Waals surface area contributed by atoms with E-state index < -0.39 is 0 Å². The van der Waals surface area contributed by atoms with Crippen molar-refractivity contribution in [1.29, 1.82) is 10.5 Å². The van der Waals surface area contributed by atoms with Crippen molar-refractivity contribution >= 4 is 6.08 Å². The fourth-order valence-corrected chi connectivity index (χ4v) is 1.11. The second-order valence-electron chi connectivity index (χ2n) is 2.49. The second-order valence-corrected chi connectivity index (χ2v) is 2.49. The van der Waals surface area contributed by atoms with E-state index in [1.165, 1.54) is 0 Å². The lowest BCUT2D eigenvalue weighted by molar-refractivity contribution is 1.42. The van der Waals surface area contributed by atoms with Crippen LogP contribution in [0.5, 0.6) is 0 Å². The minimum absolute atomic E-state index is 0.429. The molecular formula is C11H8N2. The van der Waals surface area contributed by atoms with Crippen LogP contribution in [0, 0.1) is 22.7 Å². The molecule has 1 aromatic carbocycles. The van der Waals surface area contributed by atoms with Gasteiger partial charge in [-0.3, -0.25) is 0 Å². The van der Waals surface area contributed by atoms with Gasteiger partial charge in [0, 0.05) is 0 Å². The largest absolute Gasteiger partial charge is 0.192 e. The molecule has 2 heteroatoms. The molecule has 0 saturated carbocycles. The molecule has 1 rings (SSSR count). The number of rotatable bonds is 1. The van der Waals surface area contributed by atoms with Crippen molar-refractivity contribution in [3.8, 4) is 12.1 Å². The minimum atomic E-state index is 0.429. The standard InChI is InChI=1S/C11H8N2/c1-2-4-9-5-3-6-10(7-12)11(9)8-13/h2-6H,1H3. The Labute approximate surface area is 77.4 Å². The Morgan fingerprint density at radius 2 is 2.00 bits per heavy atom. The SMILES string of the molecule is CC=Cc1cccc(C#N)c1C#N. The highest BCUT2D eigenvalue weighted by atomic mass is 14.3. The summed E-state index contributed by atoms with van der Waals surface area (Å²) in [5, 5.41) is 17.5. The fraction of sp³-hybridized carbons (Fsp3) is 0.0909. The number of nitriles is 2. The van der Waals surface area contributed by atoms with Gasteiger partial charge >= 0.3 is 0 Å². The zero-order valence-corrected chi connectivity index (χ0v) is 7.28. The predicted molar refractivity (Wildman–Crippen MR) is 50.6 cm³/mol. The molecule has 0 spiro atoms. The Hall–Kier alpha value is -2.06. The molecule has 0 unspecified atom stereocenters. The zero-order chi connectivity index (χ0) is 9.68. The summed E-state index contributed by atoms with van der Waals surface area (Å²) < 4.78 is 0. The highest BCUT2D eigenvalue weighted by Crippen LogP contribution is 2.14. The second kappa shape index (κ2) is 4.09. The summed E-state index contributed by atoms with van der Waals surface area (Å²) in [5.74, 6) is 0. The Bertz CT molecular complexity index is 417. The maximum atomic E-state index is 8.82. The van der Waals surface area contributed by atoms with E-state index in [0.29, 0.717) is 11.1 Å². The molecule has 2 nitrogen and oxygen atoms in total. The first-order valence-electron chi connectivity index (χ1n) is 3.89. The molecule has 0 N–H and O–H groups in total. The lowest BCUT2D eigenvalue weighted by Crippen LogP contribution is -1.87. The fourth-order valence-electron chi connectivity index (χ4n) is 1.11.